The zero-order valence-electron chi connectivity index (χ0n) is 28.2. The zero-order valence-corrected chi connectivity index (χ0v) is 28.2. The van der Waals surface area contributed by atoms with Crippen molar-refractivity contribution in [2.75, 3.05) is 4.90 Å². The lowest BCUT2D eigenvalue weighted by atomic mass is 9.33. The molecule has 0 radical (unpaired) electrons. The number of benzene rings is 8. The van der Waals surface area contributed by atoms with E-state index in [-0.39, 0.29) is 6.71 Å². The van der Waals surface area contributed by atoms with Crippen LogP contribution in [0, 0.1) is 0 Å². The van der Waals surface area contributed by atoms with Crippen LogP contribution in [0.1, 0.15) is 0 Å². The molecule has 0 spiro atoms. The molecular weight excluding hydrogens is 629 g/mol. The molecular formula is C48H30BN3. The molecule has 8 aromatic carbocycles. The first-order chi connectivity index (χ1) is 25.8. The van der Waals surface area contributed by atoms with Gasteiger partial charge in [0.15, 0.2) is 0 Å². The average molecular weight is 660 g/mol. The number of hydrogen-bond donors (Lipinski definition) is 0. The van der Waals surface area contributed by atoms with Crippen molar-refractivity contribution in [3.05, 3.63) is 182 Å². The molecule has 0 unspecified atom stereocenters. The minimum atomic E-state index is 0.0783. The summed E-state index contributed by atoms with van der Waals surface area (Å²) in [5.74, 6) is 0. The fraction of sp³-hybridized carbons (Fsp3) is 0. The Morgan fingerprint density at radius 1 is 0.365 bits per heavy atom. The van der Waals surface area contributed by atoms with E-state index < -0.39 is 0 Å². The SMILES string of the molecule is c1ccc(-c2cccc(-n3c4ccccc4c4cc5c6c(c7ccccc7n6-c6cccc7c6B5c5ccccc5N7c5ccccc5)c43)c2)cc1. The van der Waals surface area contributed by atoms with Crippen LogP contribution in [0.3, 0.4) is 0 Å². The van der Waals surface area contributed by atoms with Gasteiger partial charge >= 0.3 is 0 Å². The third-order valence-corrected chi connectivity index (χ3v) is 11.5. The molecule has 4 heterocycles. The van der Waals surface area contributed by atoms with Gasteiger partial charge in [-0.05, 0) is 82.1 Å². The monoisotopic (exact) mass is 659 g/mol. The van der Waals surface area contributed by atoms with Gasteiger partial charge in [0.05, 0.1) is 22.1 Å². The topological polar surface area (TPSA) is 13.1 Å². The predicted molar refractivity (Wildman–Crippen MR) is 220 cm³/mol. The molecule has 0 amide bonds. The first-order valence-corrected chi connectivity index (χ1v) is 18.1. The van der Waals surface area contributed by atoms with Crippen molar-refractivity contribution in [3.63, 3.8) is 0 Å². The average Bonchev–Trinajstić information content (AvgIpc) is 3.74. The summed E-state index contributed by atoms with van der Waals surface area (Å²) in [5.41, 5.74) is 17.6. The highest BCUT2D eigenvalue weighted by Gasteiger charge is 2.42. The number of para-hydroxylation sites is 4. The van der Waals surface area contributed by atoms with Gasteiger partial charge in [-0.1, -0.05) is 127 Å². The number of fused-ring (bicyclic) bond motifs is 11. The molecule has 10 aromatic rings. The number of rotatable bonds is 3. The highest BCUT2D eigenvalue weighted by Crippen LogP contribution is 2.45. The lowest BCUT2D eigenvalue weighted by molar-refractivity contribution is 1.17. The Balaban J connectivity index is 1.26. The number of nitrogens with zero attached hydrogens (tertiary/aromatic N) is 3. The van der Waals surface area contributed by atoms with Gasteiger partial charge in [-0.25, -0.2) is 0 Å². The molecule has 52 heavy (non-hydrogen) atoms. The highest BCUT2D eigenvalue weighted by atomic mass is 15.2. The maximum atomic E-state index is 2.56. The van der Waals surface area contributed by atoms with Gasteiger partial charge in [0.25, 0.3) is 6.71 Å². The Bertz CT molecular complexity index is 3080. The molecule has 2 aliphatic rings. The molecule has 12 rings (SSSR count). The van der Waals surface area contributed by atoms with E-state index in [0.29, 0.717) is 0 Å². The standard InChI is InChI=1S/C48H30BN3/c1-3-15-31(16-4-1)32-17-13-20-34(29-32)51-40-24-10-7-21-35(40)37-30-39-48-45(47(37)51)36-22-8-11-25-41(36)52(48)44-28-14-27-43-46(44)49(39)38-23-9-12-26-42(38)50(43)33-18-5-2-6-19-33/h1-30H. The fourth-order valence-corrected chi connectivity index (χ4v) is 9.45. The Morgan fingerprint density at radius 2 is 0.981 bits per heavy atom. The largest absolute Gasteiger partial charge is 0.311 e. The lowest BCUT2D eigenvalue weighted by Crippen LogP contribution is -2.60. The minimum Gasteiger partial charge on any atom is -0.311 e. The van der Waals surface area contributed by atoms with Gasteiger partial charge in [-0.3, -0.25) is 0 Å². The molecule has 0 aliphatic carbocycles. The van der Waals surface area contributed by atoms with E-state index in [2.05, 4.69) is 196 Å². The second kappa shape index (κ2) is 10.4. The summed E-state index contributed by atoms with van der Waals surface area (Å²) >= 11 is 0. The van der Waals surface area contributed by atoms with Crippen molar-refractivity contribution in [2.45, 2.75) is 0 Å². The van der Waals surface area contributed by atoms with E-state index >= 15 is 0 Å². The van der Waals surface area contributed by atoms with Gasteiger partial charge in [0, 0.05) is 50.0 Å². The first-order valence-electron chi connectivity index (χ1n) is 18.1. The van der Waals surface area contributed by atoms with E-state index in [4.69, 9.17) is 0 Å². The minimum absolute atomic E-state index is 0.0783. The van der Waals surface area contributed by atoms with Crippen LogP contribution < -0.4 is 21.3 Å². The van der Waals surface area contributed by atoms with Gasteiger partial charge in [0.1, 0.15) is 0 Å². The Labute approximate surface area is 301 Å². The van der Waals surface area contributed by atoms with E-state index in [1.54, 1.807) is 0 Å². The molecule has 0 atom stereocenters. The molecule has 0 bridgehead atoms. The summed E-state index contributed by atoms with van der Waals surface area (Å²) in [6.45, 7) is 0.0783. The summed E-state index contributed by atoms with van der Waals surface area (Å²) in [7, 11) is 0. The first kappa shape index (κ1) is 28.0. The molecule has 0 N–H and O–H groups in total. The van der Waals surface area contributed by atoms with Crippen LogP contribution in [-0.4, -0.2) is 15.8 Å². The summed E-state index contributed by atoms with van der Waals surface area (Å²) in [5, 5.41) is 5.14. The lowest BCUT2D eigenvalue weighted by Gasteiger charge is -2.40. The van der Waals surface area contributed by atoms with E-state index in [1.807, 2.05) is 0 Å². The molecule has 2 aromatic heterocycles. The van der Waals surface area contributed by atoms with Crippen LogP contribution in [0.2, 0.25) is 0 Å². The van der Waals surface area contributed by atoms with Gasteiger partial charge in [-0.2, -0.15) is 0 Å². The van der Waals surface area contributed by atoms with Crippen LogP contribution in [0.25, 0.3) is 66.1 Å². The Kier molecular flexibility index (Phi) is 5.58. The quantitative estimate of drug-likeness (QED) is 0.172. The van der Waals surface area contributed by atoms with Crippen LogP contribution in [0.5, 0.6) is 0 Å². The summed E-state index contributed by atoms with van der Waals surface area (Å²) in [6, 6.07) is 67.0. The van der Waals surface area contributed by atoms with Gasteiger partial charge in [-0.15, -0.1) is 0 Å². The molecule has 240 valence electrons. The Morgan fingerprint density at radius 3 is 1.83 bits per heavy atom. The maximum Gasteiger partial charge on any atom is 0.252 e. The highest BCUT2D eigenvalue weighted by molar-refractivity contribution is 7.00. The van der Waals surface area contributed by atoms with Crippen LogP contribution in [-0.2, 0) is 0 Å². The summed E-state index contributed by atoms with van der Waals surface area (Å²) < 4.78 is 5.08. The summed E-state index contributed by atoms with van der Waals surface area (Å²) in [6.07, 6.45) is 0. The van der Waals surface area contributed by atoms with Crippen LogP contribution in [0.4, 0.5) is 17.1 Å². The smallest absolute Gasteiger partial charge is 0.252 e. The van der Waals surface area contributed by atoms with Crippen molar-refractivity contribution in [3.8, 4) is 22.5 Å². The Hall–Kier alpha value is -6.78. The third kappa shape index (κ3) is 3.60. The second-order valence-electron chi connectivity index (χ2n) is 14.1. The normalized spacial score (nSPS) is 12.9. The summed E-state index contributed by atoms with van der Waals surface area (Å²) in [4.78, 5) is 2.46. The second-order valence-corrected chi connectivity index (χ2v) is 14.1. The maximum absolute atomic E-state index is 2.56. The van der Waals surface area contributed by atoms with Crippen molar-refractivity contribution in [1.82, 2.24) is 9.13 Å². The molecule has 3 nitrogen and oxygen atoms in total. The molecule has 0 saturated heterocycles. The van der Waals surface area contributed by atoms with Crippen molar-refractivity contribution < 1.29 is 0 Å². The molecule has 0 saturated carbocycles. The van der Waals surface area contributed by atoms with E-state index in [0.717, 1.165) is 0 Å². The van der Waals surface area contributed by atoms with Crippen LogP contribution >= 0.6 is 0 Å². The van der Waals surface area contributed by atoms with Crippen molar-refractivity contribution in [1.29, 1.82) is 0 Å². The van der Waals surface area contributed by atoms with Crippen LogP contribution in [0.15, 0.2) is 182 Å². The number of anilines is 3. The zero-order chi connectivity index (χ0) is 33.9. The number of aromatic nitrogens is 2. The van der Waals surface area contributed by atoms with Crippen molar-refractivity contribution in [2.24, 2.45) is 0 Å². The van der Waals surface area contributed by atoms with Gasteiger partial charge < -0.3 is 14.0 Å². The van der Waals surface area contributed by atoms with E-state index in [9.17, 15) is 0 Å². The molecule has 0 fully saturated rings. The fourth-order valence-electron chi connectivity index (χ4n) is 9.45. The third-order valence-electron chi connectivity index (χ3n) is 11.5. The van der Waals surface area contributed by atoms with Gasteiger partial charge in [0.2, 0.25) is 0 Å². The van der Waals surface area contributed by atoms with E-state index in [1.165, 1.54) is 99.6 Å². The molecule has 2 aliphatic heterocycles. The predicted octanol–water partition coefficient (Wildman–Crippen LogP) is 10.2. The molecule has 4 heteroatoms. The van der Waals surface area contributed by atoms with Crippen molar-refractivity contribution >= 4 is 83.8 Å². The number of hydrogen-bond acceptors (Lipinski definition) is 1.